The van der Waals surface area contributed by atoms with Crippen LogP contribution in [0.3, 0.4) is 0 Å². The van der Waals surface area contributed by atoms with E-state index in [4.69, 9.17) is 15.3 Å². The summed E-state index contributed by atoms with van der Waals surface area (Å²) in [6.45, 7) is 1.66. The molecule has 0 aliphatic carbocycles. The third-order valence-corrected chi connectivity index (χ3v) is 4.88. The van der Waals surface area contributed by atoms with Crippen LogP contribution in [0.2, 0.25) is 0 Å². The summed E-state index contributed by atoms with van der Waals surface area (Å²) >= 11 is 0. The second-order valence-corrected chi connectivity index (χ2v) is 7.01. The number of amides is 1. The van der Waals surface area contributed by atoms with E-state index in [9.17, 15) is 13.2 Å². The number of nitrogens with zero attached hydrogens (tertiary/aromatic N) is 1. The Kier molecular flexibility index (Phi) is 6.39. The lowest BCUT2D eigenvalue weighted by Gasteiger charge is -2.24. The van der Waals surface area contributed by atoms with Crippen molar-refractivity contribution in [2.45, 2.75) is 17.9 Å². The minimum atomic E-state index is -4.07. The number of para-hydroxylation sites is 1. The fourth-order valence-corrected chi connectivity index (χ4v) is 3.20. The average molecular weight is 373 g/mol. The maximum absolute atomic E-state index is 12.4. The van der Waals surface area contributed by atoms with Gasteiger partial charge in [0.05, 0.1) is 18.6 Å². The zero-order valence-corrected chi connectivity index (χ0v) is 15.3. The Bertz CT molecular complexity index is 886. The van der Waals surface area contributed by atoms with Crippen LogP contribution in [0.4, 0.5) is 10.5 Å². The lowest BCUT2D eigenvalue weighted by atomic mass is 10.2. The molecule has 7 heteroatoms. The molecule has 1 amide bonds. The predicted molar refractivity (Wildman–Crippen MR) is 98.3 cm³/mol. The fourth-order valence-electron chi connectivity index (χ4n) is 2.19. The monoisotopic (exact) mass is 373 g/mol. The van der Waals surface area contributed by atoms with Gasteiger partial charge in [-0.05, 0) is 31.2 Å². The molecule has 0 spiro atoms. The van der Waals surface area contributed by atoms with Gasteiger partial charge in [0.1, 0.15) is 0 Å². The van der Waals surface area contributed by atoms with E-state index in [-0.39, 0.29) is 11.4 Å². The Morgan fingerprint density at radius 2 is 1.77 bits per heavy atom. The maximum Gasteiger partial charge on any atom is 0.414 e. The molecular weight excluding hydrogens is 354 g/mol. The van der Waals surface area contributed by atoms with Crippen LogP contribution in [0.15, 0.2) is 59.5 Å². The van der Waals surface area contributed by atoms with Gasteiger partial charge in [0.25, 0.3) is 10.1 Å². The number of ether oxygens (including phenoxy) is 1. The molecule has 26 heavy (non-hydrogen) atoms. The SMILES string of the molecule is C#CC(CN(C(=O)OC)c1ccccc1)OS(=O)(=O)c1ccc(C)cc1. The van der Waals surface area contributed by atoms with E-state index >= 15 is 0 Å². The number of methoxy groups -OCH3 is 1. The van der Waals surface area contributed by atoms with Crippen molar-refractivity contribution in [2.24, 2.45) is 0 Å². The number of terminal acetylenes is 1. The number of carbonyl (C=O) groups is 1. The third-order valence-electron chi connectivity index (χ3n) is 3.55. The smallest absolute Gasteiger partial charge is 0.414 e. The number of hydrogen-bond acceptors (Lipinski definition) is 5. The summed E-state index contributed by atoms with van der Waals surface area (Å²) < 4.78 is 34.7. The number of benzene rings is 2. The van der Waals surface area contributed by atoms with E-state index in [1.54, 1.807) is 42.5 Å². The quantitative estimate of drug-likeness (QED) is 0.575. The molecule has 0 heterocycles. The van der Waals surface area contributed by atoms with E-state index in [0.717, 1.165) is 5.56 Å². The highest BCUT2D eigenvalue weighted by Crippen LogP contribution is 2.19. The minimum absolute atomic E-state index is 0.00678. The van der Waals surface area contributed by atoms with Gasteiger partial charge in [-0.15, -0.1) is 6.42 Å². The lowest BCUT2D eigenvalue weighted by molar-refractivity contribution is 0.174. The number of carbonyl (C=O) groups excluding carboxylic acids is 1. The van der Waals surface area contributed by atoms with Crippen molar-refractivity contribution in [3.05, 3.63) is 60.2 Å². The summed E-state index contributed by atoms with van der Waals surface area (Å²) in [5.74, 6) is 2.27. The van der Waals surface area contributed by atoms with E-state index in [1.165, 1.54) is 24.1 Å². The summed E-state index contributed by atoms with van der Waals surface area (Å²) in [4.78, 5) is 13.3. The van der Waals surface area contributed by atoms with Gasteiger partial charge in [-0.1, -0.05) is 41.8 Å². The van der Waals surface area contributed by atoms with Gasteiger partial charge >= 0.3 is 6.09 Å². The molecule has 0 bridgehead atoms. The molecular formula is C19H19NO5S. The van der Waals surface area contributed by atoms with E-state index < -0.39 is 22.3 Å². The Balaban J connectivity index is 2.22. The highest BCUT2D eigenvalue weighted by atomic mass is 32.2. The first-order valence-electron chi connectivity index (χ1n) is 7.74. The van der Waals surface area contributed by atoms with Crippen LogP contribution in [0, 0.1) is 19.3 Å². The number of hydrogen-bond donors (Lipinski definition) is 0. The summed E-state index contributed by atoms with van der Waals surface area (Å²) in [6.07, 6.45) is 3.58. The maximum atomic E-state index is 12.4. The van der Waals surface area contributed by atoms with Gasteiger partial charge < -0.3 is 4.74 Å². The van der Waals surface area contributed by atoms with E-state index in [1.807, 2.05) is 6.92 Å². The van der Waals surface area contributed by atoms with Crippen molar-refractivity contribution in [2.75, 3.05) is 18.6 Å². The molecule has 2 aromatic carbocycles. The number of rotatable bonds is 6. The van der Waals surface area contributed by atoms with Crippen molar-refractivity contribution in [3.8, 4) is 12.3 Å². The largest absolute Gasteiger partial charge is 0.452 e. The van der Waals surface area contributed by atoms with Crippen molar-refractivity contribution in [1.82, 2.24) is 0 Å². The Hall–Kier alpha value is -2.82. The van der Waals surface area contributed by atoms with Crippen molar-refractivity contribution in [1.29, 1.82) is 0 Å². The topological polar surface area (TPSA) is 72.9 Å². The summed E-state index contributed by atoms with van der Waals surface area (Å²) in [6, 6.07) is 14.8. The summed E-state index contributed by atoms with van der Waals surface area (Å²) in [7, 11) is -2.84. The second-order valence-electron chi connectivity index (χ2n) is 5.43. The van der Waals surface area contributed by atoms with Gasteiger partial charge in [0.15, 0.2) is 6.10 Å². The van der Waals surface area contributed by atoms with Crippen LogP contribution < -0.4 is 4.90 Å². The van der Waals surface area contributed by atoms with Crippen LogP contribution in [0.5, 0.6) is 0 Å². The molecule has 0 aliphatic heterocycles. The molecule has 136 valence electrons. The Labute approximate surface area is 153 Å². The lowest BCUT2D eigenvalue weighted by Crippen LogP contribution is -2.39. The Morgan fingerprint density at radius 3 is 2.31 bits per heavy atom. The van der Waals surface area contributed by atoms with Crippen LogP contribution in [-0.2, 0) is 19.0 Å². The Morgan fingerprint density at radius 1 is 1.15 bits per heavy atom. The van der Waals surface area contributed by atoms with Gasteiger partial charge in [-0.2, -0.15) is 8.42 Å². The molecule has 1 unspecified atom stereocenters. The molecule has 0 radical (unpaired) electrons. The van der Waals surface area contributed by atoms with Crippen LogP contribution >= 0.6 is 0 Å². The van der Waals surface area contributed by atoms with Crippen LogP contribution in [-0.4, -0.2) is 34.3 Å². The highest BCUT2D eigenvalue weighted by Gasteiger charge is 2.26. The van der Waals surface area contributed by atoms with Gasteiger partial charge in [0.2, 0.25) is 0 Å². The number of anilines is 1. The predicted octanol–water partition coefficient (Wildman–Crippen LogP) is 2.98. The number of aryl methyl sites for hydroxylation is 1. The van der Waals surface area contributed by atoms with Gasteiger partial charge in [0, 0.05) is 5.69 Å². The zero-order valence-electron chi connectivity index (χ0n) is 14.5. The van der Waals surface area contributed by atoms with Crippen molar-refractivity contribution < 1.29 is 22.1 Å². The van der Waals surface area contributed by atoms with E-state index in [2.05, 4.69) is 5.92 Å². The first-order valence-corrected chi connectivity index (χ1v) is 9.15. The second kappa shape index (κ2) is 8.52. The molecule has 0 fully saturated rings. The van der Waals surface area contributed by atoms with E-state index in [0.29, 0.717) is 5.69 Å². The van der Waals surface area contributed by atoms with Gasteiger partial charge in [-0.25, -0.2) is 8.98 Å². The molecule has 2 aromatic rings. The van der Waals surface area contributed by atoms with Crippen LogP contribution in [0.25, 0.3) is 0 Å². The minimum Gasteiger partial charge on any atom is -0.452 e. The molecule has 2 rings (SSSR count). The fraction of sp³-hybridized carbons (Fsp3) is 0.211. The molecule has 0 saturated carbocycles. The standard InChI is InChI=1S/C19H19NO5S/c1-4-17(25-26(22,23)18-12-10-15(2)11-13-18)14-20(19(21)24-3)16-8-6-5-7-9-16/h1,5-13,17H,14H2,2-3H3. The normalized spacial score (nSPS) is 12.0. The summed E-state index contributed by atoms with van der Waals surface area (Å²) in [5, 5.41) is 0. The average Bonchev–Trinajstić information content (AvgIpc) is 2.65. The van der Waals surface area contributed by atoms with Crippen molar-refractivity contribution >= 4 is 21.9 Å². The molecule has 1 atom stereocenters. The highest BCUT2D eigenvalue weighted by molar-refractivity contribution is 7.86. The first kappa shape index (κ1) is 19.5. The summed E-state index contributed by atoms with van der Waals surface area (Å²) in [5.41, 5.74) is 1.43. The van der Waals surface area contributed by atoms with Gasteiger partial charge in [-0.3, -0.25) is 4.90 Å². The molecule has 0 aromatic heterocycles. The third kappa shape index (κ3) is 4.85. The zero-order chi connectivity index (χ0) is 19.2. The first-order chi connectivity index (χ1) is 12.4. The molecule has 6 nitrogen and oxygen atoms in total. The molecule has 0 aliphatic rings. The van der Waals surface area contributed by atoms with Crippen molar-refractivity contribution in [3.63, 3.8) is 0 Å². The molecule has 0 N–H and O–H groups in total. The van der Waals surface area contributed by atoms with Crippen LogP contribution in [0.1, 0.15) is 5.56 Å². The molecule has 0 saturated heterocycles.